The van der Waals surface area contributed by atoms with E-state index in [1.165, 1.54) is 23.5 Å². The van der Waals surface area contributed by atoms with Gasteiger partial charge in [-0.3, -0.25) is 28.8 Å². The van der Waals surface area contributed by atoms with E-state index in [1.54, 1.807) is 48.5 Å². The minimum atomic E-state index is -2.47. The van der Waals surface area contributed by atoms with E-state index in [2.05, 4.69) is 31.9 Å². The minimum Gasteiger partial charge on any atom is -0.477 e. The lowest BCUT2D eigenvalue weighted by Gasteiger charge is -2.46. The van der Waals surface area contributed by atoms with Crippen molar-refractivity contribution in [2.75, 3.05) is 62.4 Å². The number of thioether (sulfide) groups is 2. The van der Waals surface area contributed by atoms with Crippen LogP contribution >= 0.6 is 23.5 Å². The zero-order valence-electron chi connectivity index (χ0n) is 51.2. The van der Waals surface area contributed by atoms with E-state index in [0.717, 1.165) is 36.1 Å². The first-order chi connectivity index (χ1) is 44.0. The summed E-state index contributed by atoms with van der Waals surface area (Å²) in [6, 6.07) is 29.7. The maximum absolute atomic E-state index is 13.0. The lowest BCUT2D eigenvalue weighted by molar-refractivity contribution is -0.310. The van der Waals surface area contributed by atoms with Crippen LogP contribution < -0.4 is 31.9 Å². The van der Waals surface area contributed by atoms with Crippen LogP contribution in [0.25, 0.3) is 22.3 Å². The van der Waals surface area contributed by atoms with Crippen LogP contribution in [0.3, 0.4) is 0 Å². The van der Waals surface area contributed by atoms with Gasteiger partial charge in [-0.2, -0.15) is 23.5 Å². The molecule has 4 aromatic carbocycles. The second-order valence-corrected chi connectivity index (χ2v) is 24.7. The van der Waals surface area contributed by atoms with Gasteiger partial charge in [0.05, 0.1) is 49.7 Å². The van der Waals surface area contributed by atoms with Gasteiger partial charge < -0.3 is 91.7 Å². The average molecular weight is 1320 g/mol. The fourth-order valence-electron chi connectivity index (χ4n) is 10.3. The minimum absolute atomic E-state index is 0.163. The Balaban J connectivity index is 0.813. The number of carbonyl (C=O) groups is 8. The van der Waals surface area contributed by atoms with Gasteiger partial charge in [0, 0.05) is 88.3 Å². The quantitative estimate of drug-likeness (QED) is 0.0285. The van der Waals surface area contributed by atoms with Crippen molar-refractivity contribution in [3.05, 3.63) is 120 Å². The lowest BCUT2D eigenvalue weighted by Crippen LogP contribution is -2.68. The molecule has 0 spiro atoms. The van der Waals surface area contributed by atoms with E-state index in [4.69, 9.17) is 18.9 Å². The van der Waals surface area contributed by atoms with Gasteiger partial charge in [0.25, 0.3) is 23.4 Å². The summed E-state index contributed by atoms with van der Waals surface area (Å²) < 4.78 is 23.1. The number of aliphatic carboxylic acids is 2. The van der Waals surface area contributed by atoms with E-state index >= 15 is 0 Å². The molecule has 6 rings (SSSR count). The fourth-order valence-corrected chi connectivity index (χ4v) is 11.9. The van der Waals surface area contributed by atoms with Gasteiger partial charge in [-0.05, 0) is 83.7 Å². The van der Waals surface area contributed by atoms with Crippen LogP contribution in [0.2, 0.25) is 0 Å². The van der Waals surface area contributed by atoms with Gasteiger partial charge in [0.15, 0.2) is 0 Å². The molecule has 2 unspecified atom stereocenters. The smallest absolute Gasteiger partial charge is 0.364 e. The van der Waals surface area contributed by atoms with Crippen LogP contribution in [0.15, 0.2) is 109 Å². The molecular formula is C64H84N6O20S2. The van der Waals surface area contributed by atoms with Crippen molar-refractivity contribution in [3.8, 4) is 22.3 Å². The normalized spacial score (nSPS) is 22.5. The predicted octanol–water partition coefficient (Wildman–Crippen LogP) is 1.57. The first kappa shape index (κ1) is 74.0. The number of unbranched alkanes of at least 4 members (excludes halogenated alkanes) is 1. The number of carboxylic acids is 2. The third-order valence-corrected chi connectivity index (χ3v) is 17.3. The molecule has 0 aliphatic carbocycles. The number of aliphatic hydroxyl groups excluding tert-OH is 6. The molecule has 0 radical (unpaired) electrons. The molecule has 4 aromatic rings. The standard InChI is InChI=1S/C64H84N6O20S2/c1-39(71)69-53-47(73)35-63(61(83)84,89-57(53)55(79)49(75)37-67-59(81)45-23-19-43(20-24-45)41-13-5-3-6-14-41)87-29-11-31-91-33-27-65-51(77)17-9-10-18-52(78)66-28-34-92-32-12-30-88-64(62(85)86)36-48(74)54(70-40(2)72)58(90-64)56(80)50(76)38-68-60(82)46-25-21-44(22-26-46)42-15-7-4-8-16-42/h3-8,13-16,19-26,47-50,53-58,73-76,79-80H,9-12,17-18,27-38H2,1-2H3,(H,65,77)(H,66,78)(H,67,81)(H,68,82)(H,69,71)(H,70,72)(H,83,84)(H,85,86)/t47-,48-,49+,50+,53+,54+,55?,56?,57+,58+,63+,64+/m0/s1. The molecule has 2 saturated heterocycles. The number of aliphatic hydroxyl groups is 6. The Morgan fingerprint density at radius 1 is 0.500 bits per heavy atom. The number of amides is 6. The number of nitrogens with one attached hydrogen (secondary N) is 6. The van der Waals surface area contributed by atoms with E-state index in [1.807, 2.05) is 60.7 Å². The third kappa shape index (κ3) is 22.3. The molecule has 2 fully saturated rings. The van der Waals surface area contributed by atoms with E-state index in [9.17, 15) is 79.2 Å². The Morgan fingerprint density at radius 3 is 1.18 bits per heavy atom. The highest BCUT2D eigenvalue weighted by Crippen LogP contribution is 2.36. The molecule has 2 heterocycles. The lowest BCUT2D eigenvalue weighted by atomic mass is 9.88. The van der Waals surface area contributed by atoms with Crippen LogP contribution in [0.4, 0.5) is 0 Å². The van der Waals surface area contributed by atoms with Gasteiger partial charge >= 0.3 is 11.9 Å². The van der Waals surface area contributed by atoms with Crippen molar-refractivity contribution in [1.82, 2.24) is 31.9 Å². The molecule has 12 atom stereocenters. The fraction of sp³-hybridized carbons (Fsp3) is 0.500. The van der Waals surface area contributed by atoms with Gasteiger partial charge in [0.2, 0.25) is 23.6 Å². The SMILES string of the molecule is CC(=O)N[C@@H]1[C@@H](O)C[C@](OCCCSCCNC(=O)CCCCC(=O)NCCSCCCO[C@]2(C(=O)O)C[C@H](O)[C@@H](NC(C)=O)[C@H](C(O)[C@H](O)CNC(=O)c3ccc(-c4ccccc4)cc3)O2)(C(=O)O)O[C@H]1C(O)[C@H](O)CNC(=O)c1ccc(-c2ccccc2)cc1. The van der Waals surface area contributed by atoms with Crippen molar-refractivity contribution in [1.29, 1.82) is 0 Å². The average Bonchev–Trinajstić information content (AvgIpc) is 0.780. The van der Waals surface area contributed by atoms with Crippen molar-refractivity contribution >= 4 is 70.9 Å². The molecule has 6 amide bonds. The Hall–Kier alpha value is -7.06. The van der Waals surface area contributed by atoms with Crippen LogP contribution in [0.1, 0.15) is 85.9 Å². The maximum atomic E-state index is 13.0. The van der Waals surface area contributed by atoms with Crippen LogP contribution in [0, 0.1) is 0 Å². The zero-order chi connectivity index (χ0) is 66.8. The van der Waals surface area contributed by atoms with Crippen molar-refractivity contribution in [2.24, 2.45) is 0 Å². The van der Waals surface area contributed by atoms with Gasteiger partial charge in [-0.15, -0.1) is 0 Å². The summed E-state index contributed by atoms with van der Waals surface area (Å²) >= 11 is 2.90. The second kappa shape index (κ2) is 37.0. The third-order valence-electron chi connectivity index (χ3n) is 15.2. The molecule has 26 nitrogen and oxygen atoms in total. The van der Waals surface area contributed by atoms with E-state index in [-0.39, 0.29) is 49.0 Å². The summed E-state index contributed by atoms with van der Waals surface area (Å²) in [7, 11) is 0. The molecule has 0 bridgehead atoms. The molecule has 14 N–H and O–H groups in total. The molecular weight excluding hydrogens is 1240 g/mol. The maximum Gasteiger partial charge on any atom is 0.364 e. The van der Waals surface area contributed by atoms with Gasteiger partial charge in [-0.1, -0.05) is 84.9 Å². The Morgan fingerprint density at radius 2 is 0.848 bits per heavy atom. The van der Waals surface area contributed by atoms with Crippen LogP contribution in [-0.4, -0.2) is 223 Å². The molecule has 0 saturated carbocycles. The summed E-state index contributed by atoms with van der Waals surface area (Å²) in [6.45, 7) is 1.65. The summed E-state index contributed by atoms with van der Waals surface area (Å²) in [6.07, 6.45) is -13.2. The number of carbonyl (C=O) groups excluding carboxylic acids is 6. The zero-order valence-corrected chi connectivity index (χ0v) is 52.8. The first-order valence-corrected chi connectivity index (χ1v) is 32.6. The topological polar surface area (TPSA) is 408 Å². The van der Waals surface area contributed by atoms with Gasteiger partial charge in [-0.25, -0.2) is 9.59 Å². The molecule has 28 heteroatoms. The Kier molecular flexibility index (Phi) is 29.7. The predicted molar refractivity (Wildman–Crippen MR) is 340 cm³/mol. The Bertz CT molecular complexity index is 2830. The summed E-state index contributed by atoms with van der Waals surface area (Å²) in [4.78, 5) is 100. The van der Waals surface area contributed by atoms with Crippen molar-refractivity contribution in [3.63, 3.8) is 0 Å². The molecule has 2 aliphatic heterocycles. The number of rotatable bonds is 37. The monoisotopic (exact) mass is 1320 g/mol. The van der Waals surface area contributed by atoms with Crippen LogP contribution in [-0.2, 0) is 47.7 Å². The highest BCUT2D eigenvalue weighted by Gasteiger charge is 2.57. The number of hydrogen-bond donors (Lipinski definition) is 14. The summed E-state index contributed by atoms with van der Waals surface area (Å²) in [5.74, 6) is -8.99. The van der Waals surface area contributed by atoms with Gasteiger partial charge in [0.1, 0.15) is 24.4 Å². The highest BCUT2D eigenvalue weighted by molar-refractivity contribution is 7.99. The largest absolute Gasteiger partial charge is 0.477 e. The number of carboxylic acid groups (broad SMARTS) is 2. The van der Waals surface area contributed by atoms with Crippen LogP contribution in [0.5, 0.6) is 0 Å². The van der Waals surface area contributed by atoms with E-state index in [0.29, 0.717) is 61.8 Å². The highest BCUT2D eigenvalue weighted by atomic mass is 32.2. The summed E-state index contributed by atoms with van der Waals surface area (Å²) in [5.41, 5.74) is 4.19. The first-order valence-electron chi connectivity index (χ1n) is 30.3. The van der Waals surface area contributed by atoms with E-state index < -0.39 is 134 Å². The molecule has 2 aliphatic rings. The number of ether oxygens (including phenoxy) is 4. The molecule has 92 heavy (non-hydrogen) atoms. The Labute approximate surface area is 541 Å². The molecule has 0 aromatic heterocycles. The number of hydrogen-bond acceptors (Lipinski definition) is 20. The van der Waals surface area contributed by atoms with Crippen molar-refractivity contribution in [2.45, 2.75) is 138 Å². The number of benzene rings is 4. The molecule has 502 valence electrons. The second-order valence-electron chi connectivity index (χ2n) is 22.2. The van der Waals surface area contributed by atoms with Crippen molar-refractivity contribution < 1.29 is 98.2 Å². The summed E-state index contributed by atoms with van der Waals surface area (Å²) in [5, 5.41) is 103.